The third-order valence-electron chi connectivity index (χ3n) is 3.65. The summed E-state index contributed by atoms with van der Waals surface area (Å²) in [7, 11) is 0. The van der Waals surface area contributed by atoms with Gasteiger partial charge in [-0.25, -0.2) is 4.79 Å². The van der Waals surface area contributed by atoms with Crippen molar-refractivity contribution in [1.29, 1.82) is 0 Å². The van der Waals surface area contributed by atoms with Gasteiger partial charge in [0.25, 0.3) is 0 Å². The summed E-state index contributed by atoms with van der Waals surface area (Å²) in [6, 6.07) is 10.1. The van der Waals surface area contributed by atoms with Crippen molar-refractivity contribution in [2.75, 3.05) is 13.2 Å². The minimum absolute atomic E-state index is 0.377. The molecule has 0 aliphatic carbocycles. The molecule has 0 fully saturated rings. The summed E-state index contributed by atoms with van der Waals surface area (Å²) in [5, 5.41) is 4.40. The Hall–Kier alpha value is -2.76. The minimum Gasteiger partial charge on any atom is -0.497 e. The molecule has 0 N–H and O–H groups in total. The van der Waals surface area contributed by atoms with Gasteiger partial charge in [0.05, 0.1) is 25.0 Å². The first-order chi connectivity index (χ1) is 11.9. The van der Waals surface area contributed by atoms with E-state index in [1.54, 1.807) is 17.4 Å². The second-order valence-corrected chi connectivity index (χ2v) is 6.92. The van der Waals surface area contributed by atoms with Gasteiger partial charge in [-0.05, 0) is 26.3 Å². The van der Waals surface area contributed by atoms with Gasteiger partial charge in [0.2, 0.25) is 0 Å². The molecular weight excluding hydrogens is 318 g/mol. The average molecular weight is 341 g/mol. The van der Waals surface area contributed by atoms with Gasteiger partial charge in [-0.1, -0.05) is 30.3 Å². The molecule has 6 nitrogen and oxygen atoms in total. The molecule has 1 aromatic carbocycles. The van der Waals surface area contributed by atoms with Crippen molar-refractivity contribution in [1.82, 2.24) is 14.7 Å². The first kappa shape index (κ1) is 17.1. The molecule has 0 atom stereocenters. The molecule has 6 heteroatoms. The molecule has 1 aliphatic heterocycles. The molecular formula is C19H23N3O3. The SMILES string of the molecule is CC(C)(C)OC(=O)N1CCOC=C1c1cnn(Cc2ccccc2)c1. The van der Waals surface area contributed by atoms with Crippen molar-refractivity contribution < 1.29 is 14.3 Å². The van der Waals surface area contributed by atoms with Crippen LogP contribution in [0, 0.1) is 0 Å². The summed E-state index contributed by atoms with van der Waals surface area (Å²) >= 11 is 0. The zero-order chi connectivity index (χ0) is 17.9. The highest BCUT2D eigenvalue weighted by Crippen LogP contribution is 2.24. The predicted octanol–water partition coefficient (Wildman–Crippen LogP) is 3.50. The summed E-state index contributed by atoms with van der Waals surface area (Å²) in [5.41, 5.74) is 2.11. The molecule has 3 rings (SSSR count). The number of carbonyl (C=O) groups excluding carboxylic acids is 1. The highest BCUT2D eigenvalue weighted by atomic mass is 16.6. The topological polar surface area (TPSA) is 56.6 Å². The third kappa shape index (κ3) is 4.41. The maximum Gasteiger partial charge on any atom is 0.415 e. The van der Waals surface area contributed by atoms with Gasteiger partial charge in [0.15, 0.2) is 0 Å². The molecule has 25 heavy (non-hydrogen) atoms. The summed E-state index contributed by atoms with van der Waals surface area (Å²) in [5.74, 6) is 0. The molecule has 2 heterocycles. The largest absolute Gasteiger partial charge is 0.497 e. The molecule has 1 aromatic heterocycles. The molecule has 0 unspecified atom stereocenters. The minimum atomic E-state index is -0.544. The number of amides is 1. The van der Waals surface area contributed by atoms with Crippen molar-refractivity contribution in [3.8, 4) is 0 Å². The lowest BCUT2D eigenvalue weighted by Gasteiger charge is -2.30. The van der Waals surface area contributed by atoms with Crippen LogP contribution < -0.4 is 0 Å². The lowest BCUT2D eigenvalue weighted by Crippen LogP contribution is -2.39. The molecule has 0 saturated carbocycles. The van der Waals surface area contributed by atoms with Crippen LogP contribution in [0.5, 0.6) is 0 Å². The third-order valence-corrected chi connectivity index (χ3v) is 3.65. The van der Waals surface area contributed by atoms with Crippen LogP contribution in [-0.4, -0.2) is 39.5 Å². The van der Waals surface area contributed by atoms with Gasteiger partial charge in [0, 0.05) is 11.8 Å². The van der Waals surface area contributed by atoms with Crippen LogP contribution in [0.3, 0.4) is 0 Å². The first-order valence-electron chi connectivity index (χ1n) is 8.31. The van der Waals surface area contributed by atoms with E-state index in [2.05, 4.69) is 17.2 Å². The van der Waals surface area contributed by atoms with E-state index in [9.17, 15) is 4.79 Å². The number of hydrogen-bond acceptors (Lipinski definition) is 4. The normalized spacial score (nSPS) is 14.7. The molecule has 132 valence electrons. The first-order valence-corrected chi connectivity index (χ1v) is 8.31. The van der Waals surface area contributed by atoms with Crippen LogP contribution in [0.4, 0.5) is 4.79 Å². The van der Waals surface area contributed by atoms with Crippen LogP contribution >= 0.6 is 0 Å². The van der Waals surface area contributed by atoms with Crippen molar-refractivity contribution in [3.05, 3.63) is 60.1 Å². The highest BCUT2D eigenvalue weighted by molar-refractivity contribution is 5.82. The van der Waals surface area contributed by atoms with Crippen LogP contribution in [0.25, 0.3) is 5.70 Å². The maximum absolute atomic E-state index is 12.5. The van der Waals surface area contributed by atoms with Crippen molar-refractivity contribution in [2.45, 2.75) is 32.9 Å². The fourth-order valence-electron chi connectivity index (χ4n) is 2.55. The Bertz CT molecular complexity index is 760. The Morgan fingerprint density at radius 1 is 1.28 bits per heavy atom. The van der Waals surface area contributed by atoms with Gasteiger partial charge >= 0.3 is 6.09 Å². The Kier molecular flexibility index (Phi) is 4.79. The fourth-order valence-corrected chi connectivity index (χ4v) is 2.55. The summed E-state index contributed by atoms with van der Waals surface area (Å²) in [6.45, 7) is 7.12. The molecule has 1 aliphatic rings. The van der Waals surface area contributed by atoms with E-state index in [-0.39, 0.29) is 6.09 Å². The molecule has 1 amide bonds. The van der Waals surface area contributed by atoms with E-state index < -0.39 is 5.60 Å². The Morgan fingerprint density at radius 2 is 2.04 bits per heavy atom. The van der Waals surface area contributed by atoms with E-state index >= 15 is 0 Å². The van der Waals surface area contributed by atoms with Gasteiger partial charge in [-0.2, -0.15) is 5.10 Å². The smallest absolute Gasteiger partial charge is 0.415 e. The van der Waals surface area contributed by atoms with E-state index in [4.69, 9.17) is 9.47 Å². The van der Waals surface area contributed by atoms with E-state index in [0.717, 1.165) is 11.1 Å². The fraction of sp³-hybridized carbons (Fsp3) is 0.368. The number of nitrogens with zero attached hydrogens (tertiary/aromatic N) is 3. The monoisotopic (exact) mass is 341 g/mol. The lowest BCUT2D eigenvalue weighted by atomic mass is 10.2. The number of aromatic nitrogens is 2. The van der Waals surface area contributed by atoms with Crippen molar-refractivity contribution in [3.63, 3.8) is 0 Å². The van der Waals surface area contributed by atoms with E-state index in [0.29, 0.717) is 25.4 Å². The Labute approximate surface area is 147 Å². The zero-order valence-electron chi connectivity index (χ0n) is 14.8. The zero-order valence-corrected chi connectivity index (χ0v) is 14.8. The number of rotatable bonds is 3. The van der Waals surface area contributed by atoms with Gasteiger partial charge in [-0.3, -0.25) is 9.58 Å². The summed E-state index contributed by atoms with van der Waals surface area (Å²) in [4.78, 5) is 14.1. The predicted molar refractivity (Wildman–Crippen MR) is 94.6 cm³/mol. The molecule has 0 saturated heterocycles. The highest BCUT2D eigenvalue weighted by Gasteiger charge is 2.28. The number of benzene rings is 1. The molecule has 0 spiro atoms. The molecule has 0 bridgehead atoms. The van der Waals surface area contributed by atoms with Gasteiger partial charge < -0.3 is 9.47 Å². The number of carbonyl (C=O) groups is 1. The van der Waals surface area contributed by atoms with E-state index in [1.165, 1.54) is 0 Å². The van der Waals surface area contributed by atoms with Crippen LogP contribution in [0.1, 0.15) is 31.9 Å². The van der Waals surface area contributed by atoms with Crippen molar-refractivity contribution >= 4 is 11.8 Å². The average Bonchev–Trinajstić information content (AvgIpc) is 3.02. The lowest BCUT2D eigenvalue weighted by molar-refractivity contribution is 0.0296. The van der Waals surface area contributed by atoms with Crippen molar-refractivity contribution in [2.24, 2.45) is 0 Å². The van der Waals surface area contributed by atoms with E-state index in [1.807, 2.05) is 49.8 Å². The van der Waals surface area contributed by atoms with Crippen LogP contribution in [-0.2, 0) is 16.0 Å². The quantitative estimate of drug-likeness (QED) is 0.857. The second-order valence-electron chi connectivity index (χ2n) is 6.92. The Morgan fingerprint density at radius 3 is 2.76 bits per heavy atom. The van der Waals surface area contributed by atoms with Crippen LogP contribution in [0.2, 0.25) is 0 Å². The summed E-state index contributed by atoms with van der Waals surface area (Å²) < 4.78 is 12.8. The standard InChI is InChI=1S/C19H23N3O3/c1-19(2,3)25-18(23)22-9-10-24-14-17(22)16-11-20-21(13-16)12-15-7-5-4-6-8-15/h4-8,11,13-14H,9-10,12H2,1-3H3. The number of hydrogen-bond donors (Lipinski definition) is 0. The number of ether oxygens (including phenoxy) is 2. The van der Waals surface area contributed by atoms with Crippen LogP contribution in [0.15, 0.2) is 49.0 Å². The maximum atomic E-state index is 12.5. The summed E-state index contributed by atoms with van der Waals surface area (Å²) in [6.07, 6.45) is 4.86. The Balaban J connectivity index is 1.77. The molecule has 0 radical (unpaired) electrons. The molecule has 2 aromatic rings. The van der Waals surface area contributed by atoms with Gasteiger partial charge in [0.1, 0.15) is 18.5 Å². The van der Waals surface area contributed by atoms with Gasteiger partial charge in [-0.15, -0.1) is 0 Å². The second kappa shape index (κ2) is 7.01.